The number of nitrogens with zero attached hydrogens (tertiary/aromatic N) is 2. The van der Waals surface area contributed by atoms with Crippen LogP contribution in [0.3, 0.4) is 0 Å². The van der Waals surface area contributed by atoms with Gasteiger partial charge < -0.3 is 20.2 Å². The number of halogens is 1. The van der Waals surface area contributed by atoms with Gasteiger partial charge in [-0.05, 0) is 46.3 Å². The molecule has 3 heterocycles. The highest BCUT2D eigenvalue weighted by molar-refractivity contribution is 9.10. The van der Waals surface area contributed by atoms with Gasteiger partial charge in [0, 0.05) is 22.8 Å². The highest BCUT2D eigenvalue weighted by atomic mass is 79.9. The highest BCUT2D eigenvalue weighted by Crippen LogP contribution is 2.34. The molecule has 3 aromatic rings. The predicted octanol–water partition coefficient (Wildman–Crippen LogP) is 2.55. The largest absolute Gasteiger partial charge is 0.482 e. The van der Waals surface area contributed by atoms with Gasteiger partial charge in [-0.15, -0.1) is 0 Å². The van der Waals surface area contributed by atoms with Crippen molar-refractivity contribution < 1.29 is 9.53 Å². The van der Waals surface area contributed by atoms with Crippen molar-refractivity contribution in [1.82, 2.24) is 9.38 Å². The molecule has 1 aromatic carbocycles. The predicted molar refractivity (Wildman–Crippen MR) is 90.3 cm³/mol. The molecule has 0 fully saturated rings. The number of hydrogen-bond donors (Lipinski definition) is 2. The maximum atomic E-state index is 11.5. The Morgan fingerprint density at radius 2 is 2.22 bits per heavy atom. The Kier molecular flexibility index (Phi) is 3.32. The molecule has 0 spiro atoms. The second-order valence-electron chi connectivity index (χ2n) is 5.23. The second kappa shape index (κ2) is 5.36. The molecule has 1 aliphatic heterocycles. The van der Waals surface area contributed by atoms with Crippen molar-refractivity contribution in [3.05, 3.63) is 46.7 Å². The maximum absolute atomic E-state index is 11.5. The third-order valence-corrected chi connectivity index (χ3v) is 4.23. The summed E-state index contributed by atoms with van der Waals surface area (Å²) in [6, 6.07) is 9.49. The number of fused-ring (bicyclic) bond motifs is 2. The molecule has 0 unspecified atom stereocenters. The molecule has 1 aliphatic rings. The molecular formula is C16H13BrN4O2. The lowest BCUT2D eigenvalue weighted by Gasteiger charge is -2.18. The Hall–Kier alpha value is -2.38. The van der Waals surface area contributed by atoms with Gasteiger partial charge in [0.1, 0.15) is 11.4 Å². The summed E-state index contributed by atoms with van der Waals surface area (Å²) in [7, 11) is 0. The Labute approximate surface area is 140 Å². The first-order valence-corrected chi connectivity index (χ1v) is 7.88. The number of nitrogens with one attached hydrogen (secondary N) is 1. The molecule has 2 aromatic heterocycles. The standard InChI is InChI=1S/C16H13BrN4O2/c17-10-2-4-14-20-16(12(6-18)21(14)7-10)9-1-3-13-11(5-9)19-15(22)8-23-13/h1-5,7H,6,8,18H2,(H,19,22). The first-order valence-electron chi connectivity index (χ1n) is 7.09. The lowest BCUT2D eigenvalue weighted by Crippen LogP contribution is -2.25. The molecule has 0 atom stereocenters. The van der Waals surface area contributed by atoms with Crippen LogP contribution in [0.1, 0.15) is 5.69 Å². The minimum Gasteiger partial charge on any atom is -0.482 e. The number of amides is 1. The fourth-order valence-electron chi connectivity index (χ4n) is 2.72. The first-order chi connectivity index (χ1) is 11.2. The van der Waals surface area contributed by atoms with E-state index in [1.54, 1.807) is 0 Å². The van der Waals surface area contributed by atoms with Crippen molar-refractivity contribution in [2.24, 2.45) is 5.73 Å². The van der Waals surface area contributed by atoms with Gasteiger partial charge in [0.05, 0.1) is 17.1 Å². The van der Waals surface area contributed by atoms with Crippen molar-refractivity contribution in [3.63, 3.8) is 0 Å². The second-order valence-corrected chi connectivity index (χ2v) is 6.15. The van der Waals surface area contributed by atoms with Gasteiger partial charge >= 0.3 is 0 Å². The average molecular weight is 373 g/mol. The van der Waals surface area contributed by atoms with Crippen LogP contribution in [0.4, 0.5) is 5.69 Å². The summed E-state index contributed by atoms with van der Waals surface area (Å²) in [5, 5.41) is 2.81. The molecule has 4 rings (SSSR count). The lowest BCUT2D eigenvalue weighted by atomic mass is 10.1. The van der Waals surface area contributed by atoms with Crippen molar-refractivity contribution in [3.8, 4) is 17.0 Å². The summed E-state index contributed by atoms with van der Waals surface area (Å²) in [4.78, 5) is 16.2. The maximum Gasteiger partial charge on any atom is 0.262 e. The van der Waals surface area contributed by atoms with E-state index in [1.807, 2.05) is 40.9 Å². The SMILES string of the molecule is NCc1c(-c2ccc3c(c2)NC(=O)CO3)nc2ccc(Br)cn12. The van der Waals surface area contributed by atoms with Gasteiger partial charge in [-0.3, -0.25) is 4.79 Å². The molecule has 6 nitrogen and oxygen atoms in total. The molecule has 3 N–H and O–H groups in total. The zero-order chi connectivity index (χ0) is 16.0. The summed E-state index contributed by atoms with van der Waals surface area (Å²) < 4.78 is 8.31. The Morgan fingerprint density at radius 3 is 3.04 bits per heavy atom. The molecule has 0 saturated heterocycles. The topological polar surface area (TPSA) is 81.6 Å². The van der Waals surface area contributed by atoms with Crippen LogP contribution in [0.5, 0.6) is 5.75 Å². The highest BCUT2D eigenvalue weighted by Gasteiger charge is 2.19. The number of benzene rings is 1. The molecule has 1 amide bonds. The normalized spacial score (nSPS) is 13.6. The monoisotopic (exact) mass is 372 g/mol. The van der Waals surface area contributed by atoms with Crippen LogP contribution in [0.2, 0.25) is 0 Å². The van der Waals surface area contributed by atoms with Crippen LogP contribution < -0.4 is 15.8 Å². The fourth-order valence-corrected chi connectivity index (χ4v) is 3.06. The summed E-state index contributed by atoms with van der Waals surface area (Å²) >= 11 is 3.46. The molecule has 0 saturated carbocycles. The number of anilines is 1. The number of carbonyl (C=O) groups is 1. The van der Waals surface area contributed by atoms with E-state index in [-0.39, 0.29) is 12.5 Å². The van der Waals surface area contributed by atoms with E-state index in [4.69, 9.17) is 10.5 Å². The summed E-state index contributed by atoms with van der Waals surface area (Å²) in [6.45, 7) is 0.398. The van der Waals surface area contributed by atoms with Gasteiger partial charge in [0.2, 0.25) is 0 Å². The third kappa shape index (κ3) is 2.38. The molecule has 116 valence electrons. The van der Waals surface area contributed by atoms with Crippen LogP contribution >= 0.6 is 15.9 Å². The smallest absolute Gasteiger partial charge is 0.262 e. The summed E-state index contributed by atoms with van der Waals surface area (Å²) in [6.07, 6.45) is 1.94. The van der Waals surface area contributed by atoms with Gasteiger partial charge in [-0.1, -0.05) is 0 Å². The Morgan fingerprint density at radius 1 is 1.35 bits per heavy atom. The van der Waals surface area contributed by atoms with E-state index in [0.717, 1.165) is 27.1 Å². The zero-order valence-corrected chi connectivity index (χ0v) is 13.6. The number of imidazole rings is 1. The molecule has 23 heavy (non-hydrogen) atoms. The van der Waals surface area contributed by atoms with Crippen molar-refractivity contribution in [2.45, 2.75) is 6.54 Å². The van der Waals surface area contributed by atoms with Crippen LogP contribution in [-0.4, -0.2) is 21.9 Å². The van der Waals surface area contributed by atoms with Crippen LogP contribution in [0.15, 0.2) is 41.0 Å². The van der Waals surface area contributed by atoms with Gasteiger partial charge in [0.15, 0.2) is 6.61 Å². The minimum absolute atomic E-state index is 0.0444. The molecular weight excluding hydrogens is 360 g/mol. The molecule has 0 bridgehead atoms. The summed E-state index contributed by atoms with van der Waals surface area (Å²) in [5.41, 5.74) is 10.0. The van der Waals surface area contributed by atoms with Gasteiger partial charge in [-0.2, -0.15) is 0 Å². The minimum atomic E-state index is -0.160. The number of rotatable bonds is 2. The first kappa shape index (κ1) is 14.2. The van der Waals surface area contributed by atoms with Crippen molar-refractivity contribution in [1.29, 1.82) is 0 Å². The van der Waals surface area contributed by atoms with Crippen LogP contribution in [0.25, 0.3) is 16.9 Å². The van der Waals surface area contributed by atoms with E-state index < -0.39 is 0 Å². The van der Waals surface area contributed by atoms with Crippen molar-refractivity contribution in [2.75, 3.05) is 11.9 Å². The molecule has 7 heteroatoms. The van der Waals surface area contributed by atoms with E-state index in [9.17, 15) is 4.79 Å². The van der Waals surface area contributed by atoms with E-state index in [1.165, 1.54) is 0 Å². The Bertz CT molecular complexity index is 935. The van der Waals surface area contributed by atoms with Gasteiger partial charge in [-0.25, -0.2) is 4.98 Å². The fraction of sp³-hybridized carbons (Fsp3) is 0.125. The third-order valence-electron chi connectivity index (χ3n) is 3.76. The molecule has 0 aliphatic carbocycles. The van der Waals surface area contributed by atoms with Crippen LogP contribution in [0, 0.1) is 0 Å². The average Bonchev–Trinajstić information content (AvgIpc) is 2.91. The zero-order valence-electron chi connectivity index (χ0n) is 12.0. The Balaban J connectivity index is 1.89. The quantitative estimate of drug-likeness (QED) is 0.724. The lowest BCUT2D eigenvalue weighted by molar-refractivity contribution is -0.118. The number of hydrogen-bond acceptors (Lipinski definition) is 4. The summed E-state index contributed by atoms with van der Waals surface area (Å²) in [5.74, 6) is 0.502. The van der Waals surface area contributed by atoms with Gasteiger partial charge in [0.25, 0.3) is 5.91 Å². The number of ether oxygens (including phenoxy) is 1. The van der Waals surface area contributed by atoms with Crippen LogP contribution in [-0.2, 0) is 11.3 Å². The number of pyridine rings is 1. The number of aromatic nitrogens is 2. The number of carbonyl (C=O) groups excluding carboxylic acids is 1. The molecule has 0 radical (unpaired) electrons. The number of nitrogens with two attached hydrogens (primary N) is 1. The van der Waals surface area contributed by atoms with E-state index in [2.05, 4.69) is 26.2 Å². The van der Waals surface area contributed by atoms with E-state index in [0.29, 0.717) is 18.0 Å². The van der Waals surface area contributed by atoms with E-state index >= 15 is 0 Å². The van der Waals surface area contributed by atoms with Crippen molar-refractivity contribution >= 4 is 33.2 Å².